The van der Waals surface area contributed by atoms with Crippen LogP contribution in [0.1, 0.15) is 0 Å². The van der Waals surface area contributed by atoms with E-state index in [0.717, 1.165) is 55.7 Å². The third-order valence-electron chi connectivity index (χ3n) is 5.53. The van der Waals surface area contributed by atoms with E-state index < -0.39 is 23.9 Å². The highest BCUT2D eigenvalue weighted by atomic mass is 32.1. The van der Waals surface area contributed by atoms with Crippen LogP contribution in [0.2, 0.25) is 0 Å². The zero-order valence-corrected chi connectivity index (χ0v) is 23.6. The average molecular weight is 601 g/mol. The zero-order chi connectivity index (χ0) is 30.9. The van der Waals surface area contributed by atoms with Crippen molar-refractivity contribution >= 4 is 56.2 Å². The average Bonchev–Trinajstić information content (AvgIpc) is 3.39. The number of anilines is 2. The molecule has 2 aromatic carbocycles. The van der Waals surface area contributed by atoms with Gasteiger partial charge in [0.1, 0.15) is 5.75 Å². The predicted octanol–water partition coefficient (Wildman–Crippen LogP) is 2.96. The number of carbonyl (C=O) groups is 4. The molecule has 0 radical (unpaired) electrons. The molecule has 1 saturated heterocycles. The fraction of sp³-hybridized carbons (Fsp3) is 0.250. The van der Waals surface area contributed by atoms with Crippen molar-refractivity contribution in [1.29, 1.82) is 0 Å². The van der Waals surface area contributed by atoms with Crippen LogP contribution in [0.25, 0.3) is 10.2 Å². The first-order chi connectivity index (χ1) is 20.1. The quantitative estimate of drug-likeness (QED) is 0.214. The summed E-state index contributed by atoms with van der Waals surface area (Å²) < 4.78 is 6.73. The molecule has 1 aromatic heterocycles. The van der Waals surface area contributed by atoms with Crippen molar-refractivity contribution in [2.75, 3.05) is 56.6 Å². The van der Waals surface area contributed by atoms with Gasteiger partial charge in [0, 0.05) is 63.6 Å². The lowest BCUT2D eigenvalue weighted by molar-refractivity contribution is -0.134. The number of thiazole rings is 1. The van der Waals surface area contributed by atoms with Crippen LogP contribution in [0.4, 0.5) is 10.8 Å². The minimum atomic E-state index is -1.26. The molecule has 224 valence electrons. The molecule has 0 amide bonds. The number of nitrogens with zero attached hydrogens (tertiary/aromatic N) is 3. The van der Waals surface area contributed by atoms with E-state index in [-0.39, 0.29) is 0 Å². The summed E-state index contributed by atoms with van der Waals surface area (Å²) in [5.41, 5.74) is 2.27. The number of hydrogen-bond acceptors (Lipinski definition) is 10. The van der Waals surface area contributed by atoms with Crippen LogP contribution in [-0.2, 0) is 19.2 Å². The minimum Gasteiger partial charge on any atom is -0.495 e. The maximum atomic E-state index is 9.55. The molecule has 14 heteroatoms. The minimum absolute atomic E-state index is 0.558. The molecule has 3 aromatic rings. The summed E-state index contributed by atoms with van der Waals surface area (Å²) in [6.45, 7) is 6.16. The van der Waals surface area contributed by atoms with Crippen molar-refractivity contribution < 1.29 is 44.3 Å². The first-order valence-corrected chi connectivity index (χ1v) is 13.4. The summed E-state index contributed by atoms with van der Waals surface area (Å²) in [5, 5.41) is 35.7. The largest absolute Gasteiger partial charge is 0.495 e. The molecule has 0 saturated carbocycles. The van der Waals surface area contributed by atoms with Gasteiger partial charge < -0.3 is 35.4 Å². The van der Waals surface area contributed by atoms with Gasteiger partial charge in [0.2, 0.25) is 0 Å². The van der Waals surface area contributed by atoms with Gasteiger partial charge in [-0.05, 0) is 24.3 Å². The Morgan fingerprint density at radius 1 is 0.833 bits per heavy atom. The second-order valence-electron chi connectivity index (χ2n) is 8.43. The topological polar surface area (TPSA) is 190 Å². The van der Waals surface area contributed by atoms with E-state index in [4.69, 9.17) is 25.2 Å². The third kappa shape index (κ3) is 12.5. The van der Waals surface area contributed by atoms with Crippen molar-refractivity contribution in [2.24, 2.45) is 0 Å². The molecule has 1 fully saturated rings. The second-order valence-corrected chi connectivity index (χ2v) is 9.46. The van der Waals surface area contributed by atoms with Crippen LogP contribution in [0, 0.1) is 0 Å². The Morgan fingerprint density at radius 2 is 1.36 bits per heavy atom. The summed E-state index contributed by atoms with van der Waals surface area (Å²) in [4.78, 5) is 47.8. The number of ether oxygens (including phenoxy) is 1. The Morgan fingerprint density at radius 3 is 1.88 bits per heavy atom. The molecule has 0 spiro atoms. The van der Waals surface area contributed by atoms with E-state index in [1.165, 1.54) is 10.4 Å². The molecule has 1 aliphatic rings. The highest BCUT2D eigenvalue weighted by Gasteiger charge is 2.19. The van der Waals surface area contributed by atoms with Crippen LogP contribution in [-0.4, -0.2) is 101 Å². The lowest BCUT2D eigenvalue weighted by Gasteiger charge is -2.36. The smallest absolute Gasteiger partial charge is 0.328 e. The molecular formula is C28H32N4O9S. The number of aliphatic carboxylic acids is 4. The fourth-order valence-corrected chi connectivity index (χ4v) is 4.55. The number of para-hydroxylation sites is 3. The molecule has 0 aliphatic carbocycles. The van der Waals surface area contributed by atoms with E-state index in [1.807, 2.05) is 18.2 Å². The SMILES string of the molecule is COc1ccccc1N1CCN(CCNc2nc3ccccc3s2)CC1.O=C(O)/C=C/C(=O)O.O=C(O)/C=C/C(=O)O. The van der Waals surface area contributed by atoms with E-state index in [9.17, 15) is 19.2 Å². The highest BCUT2D eigenvalue weighted by Crippen LogP contribution is 2.28. The highest BCUT2D eigenvalue weighted by molar-refractivity contribution is 7.22. The Kier molecular flexibility index (Phi) is 14.0. The summed E-state index contributed by atoms with van der Waals surface area (Å²) in [5.74, 6) is -4.07. The molecule has 42 heavy (non-hydrogen) atoms. The monoisotopic (exact) mass is 600 g/mol. The molecule has 0 atom stereocenters. The van der Waals surface area contributed by atoms with Gasteiger partial charge >= 0.3 is 23.9 Å². The third-order valence-corrected chi connectivity index (χ3v) is 6.53. The van der Waals surface area contributed by atoms with Gasteiger partial charge in [-0.3, -0.25) is 4.90 Å². The first kappa shape index (κ1) is 33.3. The summed E-state index contributed by atoms with van der Waals surface area (Å²) >= 11 is 1.72. The molecule has 4 rings (SSSR count). The lowest BCUT2D eigenvalue weighted by atomic mass is 10.2. The van der Waals surface area contributed by atoms with Gasteiger partial charge in [-0.25, -0.2) is 24.2 Å². The summed E-state index contributed by atoms with van der Waals surface area (Å²) in [7, 11) is 1.74. The van der Waals surface area contributed by atoms with Crippen molar-refractivity contribution in [3.63, 3.8) is 0 Å². The molecule has 0 unspecified atom stereocenters. The molecule has 2 heterocycles. The van der Waals surface area contributed by atoms with Gasteiger partial charge in [0.25, 0.3) is 0 Å². The normalized spacial score (nSPS) is 13.1. The number of nitrogens with one attached hydrogen (secondary N) is 1. The number of rotatable bonds is 10. The Hall–Kier alpha value is -4.95. The van der Waals surface area contributed by atoms with Gasteiger partial charge in [-0.15, -0.1) is 0 Å². The fourth-order valence-electron chi connectivity index (χ4n) is 3.66. The number of hydrogen-bond donors (Lipinski definition) is 5. The first-order valence-electron chi connectivity index (χ1n) is 12.6. The zero-order valence-electron chi connectivity index (χ0n) is 22.8. The molecule has 0 bridgehead atoms. The predicted molar refractivity (Wildman–Crippen MR) is 159 cm³/mol. The van der Waals surface area contributed by atoms with E-state index in [1.54, 1.807) is 18.4 Å². The summed E-state index contributed by atoms with van der Waals surface area (Å²) in [6, 6.07) is 16.5. The molecule has 13 nitrogen and oxygen atoms in total. The van der Waals surface area contributed by atoms with Crippen molar-refractivity contribution in [1.82, 2.24) is 9.88 Å². The number of benzene rings is 2. The van der Waals surface area contributed by atoms with Gasteiger partial charge in [0.05, 0.1) is 23.0 Å². The van der Waals surface area contributed by atoms with Crippen LogP contribution in [0.15, 0.2) is 72.8 Å². The molecule has 1 aliphatic heterocycles. The Bertz CT molecular complexity index is 1300. The summed E-state index contributed by atoms with van der Waals surface area (Å²) in [6.07, 6.45) is 2.23. The Balaban J connectivity index is 0.000000319. The van der Waals surface area contributed by atoms with E-state index in [0.29, 0.717) is 24.3 Å². The van der Waals surface area contributed by atoms with E-state index in [2.05, 4.69) is 50.4 Å². The lowest BCUT2D eigenvalue weighted by Crippen LogP contribution is -2.47. The number of carboxylic acid groups (broad SMARTS) is 4. The van der Waals surface area contributed by atoms with Crippen molar-refractivity contribution in [3.05, 3.63) is 72.8 Å². The van der Waals surface area contributed by atoms with Gasteiger partial charge in [-0.1, -0.05) is 35.6 Å². The number of fused-ring (bicyclic) bond motifs is 1. The van der Waals surface area contributed by atoms with Crippen LogP contribution in [0.3, 0.4) is 0 Å². The van der Waals surface area contributed by atoms with Gasteiger partial charge in [0.15, 0.2) is 5.13 Å². The maximum absolute atomic E-state index is 9.55. The van der Waals surface area contributed by atoms with Crippen molar-refractivity contribution in [2.45, 2.75) is 0 Å². The van der Waals surface area contributed by atoms with Crippen LogP contribution in [0.5, 0.6) is 5.75 Å². The van der Waals surface area contributed by atoms with Gasteiger partial charge in [-0.2, -0.15) is 0 Å². The molecular weight excluding hydrogens is 568 g/mol. The van der Waals surface area contributed by atoms with Crippen LogP contribution >= 0.6 is 11.3 Å². The number of carboxylic acids is 4. The second kappa shape index (κ2) is 17.7. The standard InChI is InChI=1S/C20H24N4OS.2C4H4O4/c1-25-18-8-4-3-7-17(18)24-14-12-23(13-15-24)11-10-21-20-22-16-6-2-5-9-19(16)26-20;2*5-3(6)1-2-4(7)8/h2-9H,10-15H2,1H3,(H,21,22);2*1-2H,(H,5,6)(H,7,8)/b;2*2-1+. The Labute approximate surface area is 245 Å². The van der Waals surface area contributed by atoms with E-state index >= 15 is 0 Å². The van der Waals surface area contributed by atoms with Crippen molar-refractivity contribution in [3.8, 4) is 5.75 Å². The number of piperazine rings is 1. The van der Waals surface area contributed by atoms with Crippen LogP contribution < -0.4 is 15.0 Å². The maximum Gasteiger partial charge on any atom is 0.328 e. The number of aromatic nitrogens is 1. The molecule has 5 N–H and O–H groups in total. The number of methoxy groups -OCH3 is 1.